The lowest BCUT2D eigenvalue weighted by Crippen LogP contribution is -2.30. The molecule has 9 nitrogen and oxygen atoms in total. The maximum Gasteiger partial charge on any atom is 0.279 e. The van der Waals surface area contributed by atoms with Crippen LogP contribution in [0.3, 0.4) is 0 Å². The Morgan fingerprint density at radius 1 is 1.33 bits per heavy atom. The van der Waals surface area contributed by atoms with Gasteiger partial charge in [0, 0.05) is 12.6 Å². The number of carbonyl (C=O) groups is 1. The monoisotopic (exact) mass is 411 g/mol. The largest absolute Gasteiger partial charge is 0.473 e. The average Bonchev–Trinajstić information content (AvgIpc) is 3.31. The lowest BCUT2D eigenvalue weighted by Gasteiger charge is -2.30. The van der Waals surface area contributed by atoms with Crippen molar-refractivity contribution < 1.29 is 18.5 Å². The zero-order valence-electron chi connectivity index (χ0n) is 17.6. The Morgan fingerprint density at radius 2 is 2.17 bits per heavy atom. The first-order valence-electron chi connectivity index (χ1n) is 10.00. The quantitative estimate of drug-likeness (QED) is 0.655. The van der Waals surface area contributed by atoms with Gasteiger partial charge in [0.25, 0.3) is 11.8 Å². The molecule has 158 valence electrons. The van der Waals surface area contributed by atoms with Gasteiger partial charge in [-0.25, -0.2) is 9.97 Å². The van der Waals surface area contributed by atoms with Crippen molar-refractivity contribution >= 4 is 17.4 Å². The number of rotatable bonds is 6. The van der Waals surface area contributed by atoms with E-state index in [0.717, 1.165) is 42.1 Å². The van der Waals surface area contributed by atoms with Crippen LogP contribution in [0, 0.1) is 13.8 Å². The maximum absolute atomic E-state index is 12.5. The zero-order chi connectivity index (χ0) is 21.3. The Bertz CT molecular complexity index is 1060. The summed E-state index contributed by atoms with van der Waals surface area (Å²) in [6.07, 6.45) is 3.11. The molecule has 0 saturated heterocycles. The van der Waals surface area contributed by atoms with Gasteiger partial charge in [0.1, 0.15) is 11.6 Å². The number of oxazole rings is 1. The van der Waals surface area contributed by atoms with Gasteiger partial charge in [-0.2, -0.15) is 0 Å². The number of pyridine rings is 1. The second kappa shape index (κ2) is 8.17. The second-order valence-electron chi connectivity index (χ2n) is 7.65. The zero-order valence-corrected chi connectivity index (χ0v) is 17.6. The molecule has 1 N–H and O–H groups in total. The van der Waals surface area contributed by atoms with Crippen LogP contribution in [0.25, 0.3) is 0 Å². The molecule has 0 fully saturated rings. The molecule has 3 aromatic heterocycles. The third kappa shape index (κ3) is 4.14. The average molecular weight is 411 g/mol. The maximum atomic E-state index is 12.5. The Labute approximate surface area is 174 Å². The molecule has 0 radical (unpaired) electrons. The Hall–Kier alpha value is -3.36. The van der Waals surface area contributed by atoms with Crippen LogP contribution in [0.4, 0.5) is 11.5 Å². The molecule has 0 bridgehead atoms. The molecule has 1 aliphatic heterocycles. The minimum Gasteiger partial charge on any atom is -0.473 e. The standard InChI is InChI=1S/C21H25N5O4/c1-12(2)29-18-9-15(30-25-18)10-26-7-5-6-16-17(26)8-13(3)20(23-16)24-21(27)19-14(4)28-11-22-19/h8-9,11-12H,5-7,10H2,1-4H3,(H,23,24,27). The predicted octanol–water partition coefficient (Wildman–Crippen LogP) is 3.67. The third-order valence-corrected chi connectivity index (χ3v) is 4.88. The van der Waals surface area contributed by atoms with E-state index in [1.54, 1.807) is 6.92 Å². The van der Waals surface area contributed by atoms with Crippen molar-refractivity contribution in [2.45, 2.75) is 53.2 Å². The predicted molar refractivity (Wildman–Crippen MR) is 110 cm³/mol. The van der Waals surface area contributed by atoms with Gasteiger partial charge in [0.2, 0.25) is 0 Å². The molecule has 0 aromatic carbocycles. The lowest BCUT2D eigenvalue weighted by atomic mass is 10.1. The molecular formula is C21H25N5O4. The summed E-state index contributed by atoms with van der Waals surface area (Å²) in [4.78, 5) is 23.4. The minimum absolute atomic E-state index is 0.0418. The summed E-state index contributed by atoms with van der Waals surface area (Å²) in [6, 6.07) is 3.87. The summed E-state index contributed by atoms with van der Waals surface area (Å²) < 4.78 is 16.1. The molecule has 0 atom stereocenters. The second-order valence-corrected chi connectivity index (χ2v) is 7.65. The molecule has 3 aromatic rings. The van der Waals surface area contributed by atoms with Crippen molar-refractivity contribution in [3.8, 4) is 5.88 Å². The molecule has 4 heterocycles. The number of carbonyl (C=O) groups excluding carboxylic acids is 1. The highest BCUT2D eigenvalue weighted by Crippen LogP contribution is 2.31. The molecule has 1 amide bonds. The van der Waals surface area contributed by atoms with Crippen LogP contribution in [0.5, 0.6) is 5.88 Å². The van der Waals surface area contributed by atoms with E-state index in [1.807, 2.05) is 26.8 Å². The molecule has 1 aliphatic rings. The molecule has 30 heavy (non-hydrogen) atoms. The molecule has 0 unspecified atom stereocenters. The van der Waals surface area contributed by atoms with Crippen LogP contribution in [0.15, 0.2) is 27.5 Å². The first-order chi connectivity index (χ1) is 14.4. The number of aryl methyl sites for hydroxylation is 3. The lowest BCUT2D eigenvalue weighted by molar-refractivity contribution is 0.102. The number of amides is 1. The van der Waals surface area contributed by atoms with E-state index in [2.05, 4.69) is 26.4 Å². The van der Waals surface area contributed by atoms with Gasteiger partial charge in [-0.1, -0.05) is 0 Å². The summed E-state index contributed by atoms with van der Waals surface area (Å²) in [5.74, 6) is 1.91. The smallest absolute Gasteiger partial charge is 0.279 e. The molecule has 4 rings (SSSR count). The van der Waals surface area contributed by atoms with Crippen LogP contribution in [0.1, 0.15) is 53.5 Å². The van der Waals surface area contributed by atoms with Crippen molar-refractivity contribution in [3.63, 3.8) is 0 Å². The molecule has 0 aliphatic carbocycles. The summed E-state index contributed by atoms with van der Waals surface area (Å²) in [6.45, 7) is 8.99. The fraction of sp³-hybridized carbons (Fsp3) is 0.429. The summed E-state index contributed by atoms with van der Waals surface area (Å²) in [5, 5.41) is 6.83. The van der Waals surface area contributed by atoms with Gasteiger partial charge in [-0.05, 0) is 57.3 Å². The Morgan fingerprint density at radius 3 is 2.90 bits per heavy atom. The number of nitrogens with zero attached hydrogens (tertiary/aromatic N) is 4. The van der Waals surface area contributed by atoms with Crippen molar-refractivity contribution in [3.05, 3.63) is 47.0 Å². The highest BCUT2D eigenvalue weighted by atomic mass is 16.5. The molecule has 9 heteroatoms. The van der Waals surface area contributed by atoms with Gasteiger partial charge in [-0.3, -0.25) is 4.79 Å². The van der Waals surface area contributed by atoms with Crippen LogP contribution in [0.2, 0.25) is 0 Å². The van der Waals surface area contributed by atoms with Crippen molar-refractivity contribution in [1.29, 1.82) is 0 Å². The van der Waals surface area contributed by atoms with Crippen LogP contribution in [-0.4, -0.2) is 33.7 Å². The molecular weight excluding hydrogens is 386 g/mol. The number of nitrogens with one attached hydrogen (secondary N) is 1. The van der Waals surface area contributed by atoms with E-state index in [9.17, 15) is 4.79 Å². The van der Waals surface area contributed by atoms with Crippen LogP contribution in [-0.2, 0) is 13.0 Å². The van der Waals surface area contributed by atoms with Gasteiger partial charge in [0.05, 0.1) is 24.0 Å². The fourth-order valence-corrected chi connectivity index (χ4v) is 3.49. The SMILES string of the molecule is Cc1cc2c(nc1NC(=O)c1ncoc1C)CCCN2Cc1cc(OC(C)C)no1. The van der Waals surface area contributed by atoms with E-state index < -0.39 is 0 Å². The number of hydrogen-bond donors (Lipinski definition) is 1. The normalized spacial score (nSPS) is 13.4. The van der Waals surface area contributed by atoms with Gasteiger partial charge >= 0.3 is 0 Å². The minimum atomic E-state index is -0.330. The first kappa shape index (κ1) is 19.9. The Kier molecular flexibility index (Phi) is 5.43. The topological polar surface area (TPSA) is 107 Å². The molecule has 0 saturated carbocycles. The van der Waals surface area contributed by atoms with Gasteiger partial charge in [0.15, 0.2) is 17.8 Å². The fourth-order valence-electron chi connectivity index (χ4n) is 3.49. The van der Waals surface area contributed by atoms with E-state index in [4.69, 9.17) is 18.7 Å². The number of fused-ring (bicyclic) bond motifs is 1. The summed E-state index contributed by atoms with van der Waals surface area (Å²) >= 11 is 0. The number of aromatic nitrogens is 3. The first-order valence-corrected chi connectivity index (χ1v) is 10.00. The number of hydrogen-bond acceptors (Lipinski definition) is 8. The highest BCUT2D eigenvalue weighted by molar-refractivity contribution is 6.03. The highest BCUT2D eigenvalue weighted by Gasteiger charge is 2.23. The Balaban J connectivity index is 1.53. The van der Waals surface area contributed by atoms with E-state index in [-0.39, 0.29) is 17.7 Å². The third-order valence-electron chi connectivity index (χ3n) is 4.88. The summed E-state index contributed by atoms with van der Waals surface area (Å²) in [5.41, 5.74) is 3.12. The van der Waals surface area contributed by atoms with Crippen molar-refractivity contribution in [2.24, 2.45) is 0 Å². The van der Waals surface area contributed by atoms with Gasteiger partial charge < -0.3 is 23.9 Å². The van der Waals surface area contributed by atoms with E-state index >= 15 is 0 Å². The number of ether oxygens (including phenoxy) is 1. The van der Waals surface area contributed by atoms with Gasteiger partial charge in [-0.15, -0.1) is 0 Å². The van der Waals surface area contributed by atoms with Crippen LogP contribution >= 0.6 is 0 Å². The van der Waals surface area contributed by atoms with Crippen molar-refractivity contribution in [1.82, 2.24) is 15.1 Å². The summed E-state index contributed by atoms with van der Waals surface area (Å²) in [7, 11) is 0. The van der Waals surface area contributed by atoms with E-state index in [1.165, 1.54) is 6.39 Å². The van der Waals surface area contributed by atoms with Crippen molar-refractivity contribution in [2.75, 3.05) is 16.8 Å². The number of anilines is 2. The molecule has 0 spiro atoms. The van der Waals surface area contributed by atoms with E-state index in [0.29, 0.717) is 24.0 Å². The van der Waals surface area contributed by atoms with Crippen LogP contribution < -0.4 is 15.0 Å².